The van der Waals surface area contributed by atoms with Crippen LogP contribution in [0, 0.1) is 5.92 Å². The summed E-state index contributed by atoms with van der Waals surface area (Å²) >= 11 is 0. The normalized spacial score (nSPS) is 12.2. The quantitative estimate of drug-likeness (QED) is 0.790. The van der Waals surface area contributed by atoms with Gasteiger partial charge in [0.05, 0.1) is 7.11 Å². The van der Waals surface area contributed by atoms with Crippen LogP contribution >= 0.6 is 0 Å². The lowest BCUT2D eigenvalue weighted by molar-refractivity contribution is 0.414. The Morgan fingerprint density at radius 2 is 2.18 bits per heavy atom. The molecule has 0 heterocycles. The number of benzene rings is 1. The van der Waals surface area contributed by atoms with Gasteiger partial charge < -0.3 is 15.4 Å². The zero-order valence-electron chi connectivity index (χ0n) is 11.1. The fraction of sp³-hybridized carbons (Fsp3) is 0.571. The highest BCUT2D eigenvalue weighted by molar-refractivity contribution is 5.50. The Bertz CT molecular complexity index is 328. The molecular weight excluding hydrogens is 212 g/mol. The molecule has 0 aromatic heterocycles. The van der Waals surface area contributed by atoms with Crippen LogP contribution in [-0.2, 0) is 0 Å². The van der Waals surface area contributed by atoms with Gasteiger partial charge in [0.15, 0.2) is 0 Å². The van der Waals surface area contributed by atoms with Gasteiger partial charge in [-0.15, -0.1) is 0 Å². The maximum absolute atomic E-state index is 5.53. The van der Waals surface area contributed by atoms with Crippen molar-refractivity contribution in [3.8, 4) is 5.75 Å². The molecule has 0 saturated heterocycles. The Hall–Kier alpha value is -1.22. The molecule has 0 aliphatic rings. The molecular formula is C14H24N2O. The van der Waals surface area contributed by atoms with Crippen LogP contribution in [0.2, 0.25) is 0 Å². The third-order valence-electron chi connectivity index (χ3n) is 2.98. The van der Waals surface area contributed by atoms with Crippen molar-refractivity contribution in [1.29, 1.82) is 0 Å². The third-order valence-corrected chi connectivity index (χ3v) is 2.98. The van der Waals surface area contributed by atoms with Crippen molar-refractivity contribution in [3.63, 3.8) is 0 Å². The summed E-state index contributed by atoms with van der Waals surface area (Å²) in [5.74, 6) is 1.57. The van der Waals surface area contributed by atoms with Gasteiger partial charge in [-0.3, -0.25) is 0 Å². The minimum Gasteiger partial charge on any atom is -0.497 e. The molecule has 0 spiro atoms. The third kappa shape index (κ3) is 4.65. The van der Waals surface area contributed by atoms with Crippen molar-refractivity contribution in [2.75, 3.05) is 32.1 Å². The molecule has 1 aromatic carbocycles. The van der Waals surface area contributed by atoms with Crippen molar-refractivity contribution in [1.82, 2.24) is 0 Å². The van der Waals surface area contributed by atoms with Gasteiger partial charge in [-0.25, -0.2) is 0 Å². The molecule has 0 saturated carbocycles. The van der Waals surface area contributed by atoms with E-state index in [4.69, 9.17) is 10.5 Å². The predicted octanol–water partition coefficient (Wildman–Crippen LogP) is 2.51. The van der Waals surface area contributed by atoms with Crippen LogP contribution in [-0.4, -0.2) is 27.2 Å². The Labute approximate surface area is 105 Å². The summed E-state index contributed by atoms with van der Waals surface area (Å²) in [6.07, 6.45) is 2.29. The Morgan fingerprint density at radius 3 is 2.82 bits per heavy atom. The summed E-state index contributed by atoms with van der Waals surface area (Å²) in [4.78, 5) is 2.27. The van der Waals surface area contributed by atoms with Crippen molar-refractivity contribution in [2.45, 2.75) is 19.8 Å². The van der Waals surface area contributed by atoms with Gasteiger partial charge >= 0.3 is 0 Å². The second-order valence-electron chi connectivity index (χ2n) is 4.62. The molecule has 0 fully saturated rings. The first-order valence-corrected chi connectivity index (χ1v) is 6.22. The Morgan fingerprint density at radius 1 is 1.41 bits per heavy atom. The number of nitrogens with zero attached hydrogens (tertiary/aromatic N) is 1. The topological polar surface area (TPSA) is 38.5 Å². The highest BCUT2D eigenvalue weighted by Crippen LogP contribution is 2.21. The summed E-state index contributed by atoms with van der Waals surface area (Å²) in [5, 5.41) is 0. The van der Waals surface area contributed by atoms with Crippen LogP contribution in [0.1, 0.15) is 19.8 Å². The molecule has 0 aliphatic heterocycles. The molecule has 3 heteroatoms. The predicted molar refractivity (Wildman–Crippen MR) is 73.7 cm³/mol. The van der Waals surface area contributed by atoms with Crippen LogP contribution in [0.15, 0.2) is 24.3 Å². The van der Waals surface area contributed by atoms with Crippen LogP contribution in [0.4, 0.5) is 5.69 Å². The van der Waals surface area contributed by atoms with E-state index in [0.717, 1.165) is 25.3 Å². The molecule has 1 atom stereocenters. The van der Waals surface area contributed by atoms with E-state index in [1.807, 2.05) is 12.1 Å². The minimum absolute atomic E-state index is 0.662. The number of anilines is 1. The van der Waals surface area contributed by atoms with Crippen molar-refractivity contribution < 1.29 is 4.74 Å². The molecule has 0 amide bonds. The van der Waals surface area contributed by atoms with Gasteiger partial charge in [0.25, 0.3) is 0 Å². The van der Waals surface area contributed by atoms with Gasteiger partial charge in [-0.05, 0) is 37.4 Å². The van der Waals surface area contributed by atoms with E-state index in [-0.39, 0.29) is 0 Å². The lowest BCUT2D eigenvalue weighted by Gasteiger charge is -2.23. The number of nitrogens with two attached hydrogens (primary N) is 1. The van der Waals surface area contributed by atoms with Gasteiger partial charge in [0.2, 0.25) is 0 Å². The molecule has 3 nitrogen and oxygen atoms in total. The molecule has 96 valence electrons. The molecule has 0 bridgehead atoms. The smallest absolute Gasteiger partial charge is 0.120 e. The molecule has 1 aromatic rings. The van der Waals surface area contributed by atoms with Crippen LogP contribution in [0.25, 0.3) is 0 Å². The average molecular weight is 236 g/mol. The van der Waals surface area contributed by atoms with Crippen molar-refractivity contribution in [2.24, 2.45) is 11.7 Å². The molecule has 0 radical (unpaired) electrons. The number of hydrogen-bond acceptors (Lipinski definition) is 3. The average Bonchev–Trinajstić information content (AvgIpc) is 2.36. The molecule has 2 N–H and O–H groups in total. The summed E-state index contributed by atoms with van der Waals surface area (Å²) in [6, 6.07) is 8.16. The first-order chi connectivity index (χ1) is 8.17. The zero-order chi connectivity index (χ0) is 12.7. The molecule has 1 rings (SSSR count). The summed E-state index contributed by atoms with van der Waals surface area (Å²) in [6.45, 7) is 4.10. The van der Waals surface area contributed by atoms with E-state index in [2.05, 4.69) is 31.0 Å². The highest BCUT2D eigenvalue weighted by Gasteiger charge is 2.07. The summed E-state index contributed by atoms with van der Waals surface area (Å²) in [5.41, 5.74) is 6.72. The van der Waals surface area contributed by atoms with E-state index in [0.29, 0.717) is 5.92 Å². The van der Waals surface area contributed by atoms with Crippen LogP contribution in [0.5, 0.6) is 5.75 Å². The second-order valence-corrected chi connectivity index (χ2v) is 4.62. The maximum Gasteiger partial charge on any atom is 0.120 e. The lowest BCUT2D eigenvalue weighted by Crippen LogP contribution is -2.24. The number of hydrogen-bond donors (Lipinski definition) is 1. The summed E-state index contributed by atoms with van der Waals surface area (Å²) < 4.78 is 5.23. The Balaban J connectivity index is 2.53. The molecule has 17 heavy (non-hydrogen) atoms. The first-order valence-electron chi connectivity index (χ1n) is 6.22. The standard InChI is InChI=1S/C14H24N2O/c1-12(6-5-9-15)11-16(2)13-7-4-8-14(10-13)17-3/h4,7-8,10,12H,5-6,9,11,15H2,1-3H3. The largest absolute Gasteiger partial charge is 0.497 e. The van der Waals surface area contributed by atoms with E-state index in [9.17, 15) is 0 Å². The van der Waals surface area contributed by atoms with E-state index < -0.39 is 0 Å². The van der Waals surface area contributed by atoms with Crippen LogP contribution in [0.3, 0.4) is 0 Å². The van der Waals surface area contributed by atoms with Crippen molar-refractivity contribution in [3.05, 3.63) is 24.3 Å². The fourth-order valence-electron chi connectivity index (χ4n) is 1.98. The van der Waals surface area contributed by atoms with E-state index in [1.165, 1.54) is 12.1 Å². The van der Waals surface area contributed by atoms with E-state index >= 15 is 0 Å². The number of ether oxygens (including phenoxy) is 1. The molecule has 0 aliphatic carbocycles. The lowest BCUT2D eigenvalue weighted by atomic mass is 10.1. The number of rotatable bonds is 7. The monoisotopic (exact) mass is 236 g/mol. The maximum atomic E-state index is 5.53. The Kier molecular flexibility index (Phi) is 5.84. The fourth-order valence-corrected chi connectivity index (χ4v) is 1.98. The van der Waals surface area contributed by atoms with Gasteiger partial charge in [0, 0.05) is 25.3 Å². The minimum atomic E-state index is 0.662. The van der Waals surface area contributed by atoms with Gasteiger partial charge in [0.1, 0.15) is 5.75 Å². The molecule has 1 unspecified atom stereocenters. The number of methoxy groups -OCH3 is 1. The van der Waals surface area contributed by atoms with Crippen molar-refractivity contribution >= 4 is 5.69 Å². The van der Waals surface area contributed by atoms with Gasteiger partial charge in [-0.2, -0.15) is 0 Å². The van der Waals surface area contributed by atoms with Gasteiger partial charge in [-0.1, -0.05) is 13.0 Å². The highest BCUT2D eigenvalue weighted by atomic mass is 16.5. The first kappa shape index (κ1) is 13.8. The SMILES string of the molecule is COc1cccc(N(C)CC(C)CCCN)c1. The second kappa shape index (κ2) is 7.17. The van der Waals surface area contributed by atoms with Crippen LogP contribution < -0.4 is 15.4 Å². The zero-order valence-corrected chi connectivity index (χ0v) is 11.1. The summed E-state index contributed by atoms with van der Waals surface area (Å²) in [7, 11) is 3.82. The van der Waals surface area contributed by atoms with E-state index in [1.54, 1.807) is 7.11 Å².